The number of benzene rings is 2. The predicted molar refractivity (Wildman–Crippen MR) is 126 cm³/mol. The number of carbonyl (C=O) groups is 1. The van der Waals surface area contributed by atoms with Crippen LogP contribution in [0.3, 0.4) is 0 Å². The Hall–Kier alpha value is -3.41. The first kappa shape index (κ1) is 20.5. The lowest BCUT2D eigenvalue weighted by molar-refractivity contribution is -0.126. The summed E-state index contributed by atoms with van der Waals surface area (Å²) in [5.41, 5.74) is 3.13. The van der Waals surface area contributed by atoms with E-state index in [-0.39, 0.29) is 17.4 Å². The second-order valence-corrected chi connectivity index (χ2v) is 8.84. The van der Waals surface area contributed by atoms with E-state index in [1.165, 1.54) is 10.9 Å². The van der Waals surface area contributed by atoms with Gasteiger partial charge >= 0.3 is 0 Å². The molecule has 5 rings (SSSR count). The standard InChI is InChI=1S/C26H28N4O2/c31-25(27-14-13-20-15-28-23-7-3-1-5-21(20)23)19-11-9-18(10-12-19)16-30-17-29-24-8-4-2-6-22(24)26(30)32/h1-8,15,17-19,28H,9-14,16H2,(H,27,31). The van der Waals surface area contributed by atoms with Crippen molar-refractivity contribution in [3.05, 3.63) is 77.0 Å². The molecule has 2 aromatic heterocycles. The first-order chi connectivity index (χ1) is 15.7. The van der Waals surface area contributed by atoms with Crippen LogP contribution in [0.5, 0.6) is 0 Å². The van der Waals surface area contributed by atoms with Gasteiger partial charge in [-0.05, 0) is 61.8 Å². The van der Waals surface area contributed by atoms with Crippen molar-refractivity contribution < 1.29 is 4.79 Å². The van der Waals surface area contributed by atoms with Gasteiger partial charge in [-0.2, -0.15) is 0 Å². The van der Waals surface area contributed by atoms with Gasteiger partial charge in [-0.1, -0.05) is 30.3 Å². The zero-order valence-electron chi connectivity index (χ0n) is 18.1. The molecule has 0 bridgehead atoms. The van der Waals surface area contributed by atoms with Crippen LogP contribution in [0.4, 0.5) is 0 Å². The highest BCUT2D eigenvalue weighted by Gasteiger charge is 2.26. The first-order valence-electron chi connectivity index (χ1n) is 11.5. The van der Waals surface area contributed by atoms with Gasteiger partial charge in [0.2, 0.25) is 5.91 Å². The Morgan fingerprint density at radius 3 is 2.62 bits per heavy atom. The summed E-state index contributed by atoms with van der Waals surface area (Å²) in [4.78, 5) is 33.1. The van der Waals surface area contributed by atoms with Crippen LogP contribution >= 0.6 is 0 Å². The van der Waals surface area contributed by atoms with Crippen LogP contribution in [0.25, 0.3) is 21.8 Å². The van der Waals surface area contributed by atoms with Crippen LogP contribution < -0.4 is 10.9 Å². The maximum absolute atomic E-state index is 12.7. The van der Waals surface area contributed by atoms with Gasteiger partial charge in [0.25, 0.3) is 5.56 Å². The molecule has 164 valence electrons. The van der Waals surface area contributed by atoms with E-state index in [0.29, 0.717) is 24.4 Å². The first-order valence-corrected chi connectivity index (χ1v) is 11.5. The van der Waals surface area contributed by atoms with Gasteiger partial charge in [-0.15, -0.1) is 0 Å². The molecule has 0 spiro atoms. The molecule has 0 radical (unpaired) electrons. The van der Waals surface area contributed by atoms with Crippen LogP contribution in [0, 0.1) is 11.8 Å². The Morgan fingerprint density at radius 1 is 1.03 bits per heavy atom. The number of fused-ring (bicyclic) bond motifs is 2. The van der Waals surface area contributed by atoms with Gasteiger partial charge in [-0.3, -0.25) is 14.2 Å². The van der Waals surface area contributed by atoms with Crippen molar-refractivity contribution in [3.8, 4) is 0 Å². The Labute approximate surface area is 186 Å². The van der Waals surface area contributed by atoms with Crippen LogP contribution in [0.2, 0.25) is 0 Å². The van der Waals surface area contributed by atoms with Crippen molar-refractivity contribution in [1.29, 1.82) is 0 Å². The van der Waals surface area contributed by atoms with E-state index in [2.05, 4.69) is 27.4 Å². The Morgan fingerprint density at radius 2 is 1.78 bits per heavy atom. The summed E-state index contributed by atoms with van der Waals surface area (Å²) in [6.45, 7) is 1.32. The van der Waals surface area contributed by atoms with Crippen LogP contribution in [-0.2, 0) is 17.8 Å². The smallest absolute Gasteiger partial charge is 0.261 e. The molecule has 6 nitrogen and oxygen atoms in total. The van der Waals surface area contributed by atoms with E-state index in [0.717, 1.165) is 43.1 Å². The van der Waals surface area contributed by atoms with Crippen molar-refractivity contribution >= 4 is 27.7 Å². The monoisotopic (exact) mass is 428 g/mol. The number of hydrogen-bond donors (Lipinski definition) is 2. The van der Waals surface area contributed by atoms with Crippen molar-refractivity contribution in [1.82, 2.24) is 19.9 Å². The minimum Gasteiger partial charge on any atom is -0.361 e. The SMILES string of the molecule is O=C(NCCc1c[nH]c2ccccc12)C1CCC(Cn2cnc3ccccc3c2=O)CC1. The highest BCUT2D eigenvalue weighted by Crippen LogP contribution is 2.30. The van der Waals surface area contributed by atoms with Crippen molar-refractivity contribution in [2.45, 2.75) is 38.6 Å². The molecule has 2 N–H and O–H groups in total. The van der Waals surface area contributed by atoms with E-state index in [9.17, 15) is 9.59 Å². The zero-order chi connectivity index (χ0) is 21.9. The molecular formula is C26H28N4O2. The Kier molecular flexibility index (Phi) is 5.75. The summed E-state index contributed by atoms with van der Waals surface area (Å²) in [6.07, 6.45) is 8.18. The van der Waals surface area contributed by atoms with Gasteiger partial charge in [0.1, 0.15) is 0 Å². The quantitative estimate of drug-likeness (QED) is 0.486. The minimum absolute atomic E-state index is 0.0211. The molecule has 1 aliphatic rings. The molecule has 1 aliphatic carbocycles. The normalized spacial score (nSPS) is 18.8. The third-order valence-electron chi connectivity index (χ3n) is 6.77. The molecule has 1 saturated carbocycles. The topological polar surface area (TPSA) is 79.8 Å². The number of aromatic nitrogens is 3. The van der Waals surface area contributed by atoms with Gasteiger partial charge in [0, 0.05) is 36.1 Å². The predicted octanol–water partition coefficient (Wildman–Crippen LogP) is 4.04. The average molecular weight is 429 g/mol. The lowest BCUT2D eigenvalue weighted by atomic mass is 9.81. The fraction of sp³-hybridized carbons (Fsp3) is 0.346. The van der Waals surface area contributed by atoms with E-state index < -0.39 is 0 Å². The number of para-hydroxylation sites is 2. The Balaban J connectivity index is 1.12. The number of nitrogens with zero attached hydrogens (tertiary/aromatic N) is 2. The minimum atomic E-state index is 0.0211. The molecule has 2 heterocycles. The highest BCUT2D eigenvalue weighted by atomic mass is 16.2. The zero-order valence-corrected chi connectivity index (χ0v) is 18.1. The van der Waals surface area contributed by atoms with Crippen LogP contribution in [-0.4, -0.2) is 27.0 Å². The molecular weight excluding hydrogens is 400 g/mol. The average Bonchev–Trinajstić information content (AvgIpc) is 3.24. The van der Waals surface area contributed by atoms with Crippen LogP contribution in [0.15, 0.2) is 65.8 Å². The highest BCUT2D eigenvalue weighted by molar-refractivity contribution is 5.83. The molecule has 0 aliphatic heterocycles. The summed E-state index contributed by atoms with van der Waals surface area (Å²) in [5.74, 6) is 0.638. The number of carbonyl (C=O) groups excluding carboxylic acids is 1. The van der Waals surface area contributed by atoms with Gasteiger partial charge in [-0.25, -0.2) is 4.98 Å². The summed E-state index contributed by atoms with van der Waals surface area (Å²) >= 11 is 0. The summed E-state index contributed by atoms with van der Waals surface area (Å²) in [7, 11) is 0. The lowest BCUT2D eigenvalue weighted by Crippen LogP contribution is -2.35. The lowest BCUT2D eigenvalue weighted by Gasteiger charge is -2.28. The number of nitrogens with one attached hydrogen (secondary N) is 2. The Bertz CT molecular complexity index is 1300. The second kappa shape index (κ2) is 8.99. The fourth-order valence-electron chi connectivity index (χ4n) is 4.92. The third-order valence-corrected chi connectivity index (χ3v) is 6.77. The number of amides is 1. The number of hydrogen-bond acceptors (Lipinski definition) is 3. The maximum atomic E-state index is 12.7. The molecule has 1 fully saturated rings. The van der Waals surface area contributed by atoms with Gasteiger partial charge in [0.05, 0.1) is 17.2 Å². The largest absolute Gasteiger partial charge is 0.361 e. The van der Waals surface area contributed by atoms with Crippen molar-refractivity contribution in [2.75, 3.05) is 6.54 Å². The summed E-state index contributed by atoms with van der Waals surface area (Å²) in [5, 5.41) is 5.02. The molecule has 0 atom stereocenters. The van der Waals surface area contributed by atoms with Crippen LogP contribution in [0.1, 0.15) is 31.2 Å². The second-order valence-electron chi connectivity index (χ2n) is 8.84. The fourth-order valence-corrected chi connectivity index (χ4v) is 4.92. The molecule has 1 amide bonds. The molecule has 0 unspecified atom stereocenters. The number of aromatic amines is 1. The van der Waals surface area contributed by atoms with E-state index in [1.807, 2.05) is 42.6 Å². The molecule has 32 heavy (non-hydrogen) atoms. The van der Waals surface area contributed by atoms with E-state index in [1.54, 1.807) is 10.9 Å². The van der Waals surface area contributed by atoms with Gasteiger partial charge < -0.3 is 10.3 Å². The molecule has 6 heteroatoms. The summed E-state index contributed by atoms with van der Waals surface area (Å²) < 4.78 is 1.73. The van der Waals surface area contributed by atoms with Crippen molar-refractivity contribution in [3.63, 3.8) is 0 Å². The molecule has 2 aromatic carbocycles. The number of H-pyrrole nitrogens is 1. The summed E-state index contributed by atoms with van der Waals surface area (Å²) in [6, 6.07) is 15.7. The van der Waals surface area contributed by atoms with Gasteiger partial charge in [0.15, 0.2) is 0 Å². The maximum Gasteiger partial charge on any atom is 0.261 e. The van der Waals surface area contributed by atoms with E-state index >= 15 is 0 Å². The van der Waals surface area contributed by atoms with Crippen molar-refractivity contribution in [2.24, 2.45) is 11.8 Å². The van der Waals surface area contributed by atoms with E-state index in [4.69, 9.17) is 0 Å². The molecule has 0 saturated heterocycles. The molecule has 4 aromatic rings. The number of rotatable bonds is 6. The third kappa shape index (κ3) is 4.17.